The molecule has 1 aromatic heterocycles. The number of aromatic nitrogens is 1. The van der Waals surface area contributed by atoms with Gasteiger partial charge in [0, 0.05) is 17.1 Å². The highest BCUT2D eigenvalue weighted by atomic mass is 32.1. The van der Waals surface area contributed by atoms with Gasteiger partial charge in [0.15, 0.2) is 0 Å². The molecule has 0 aliphatic carbocycles. The summed E-state index contributed by atoms with van der Waals surface area (Å²) in [7, 11) is 0. The van der Waals surface area contributed by atoms with Gasteiger partial charge in [-0.2, -0.15) is 0 Å². The molecule has 0 radical (unpaired) electrons. The molecule has 5 heteroatoms. The van der Waals surface area contributed by atoms with Crippen LogP contribution in [0.5, 0.6) is 0 Å². The molecule has 0 fully saturated rings. The van der Waals surface area contributed by atoms with Crippen molar-refractivity contribution in [1.29, 1.82) is 0 Å². The van der Waals surface area contributed by atoms with Crippen LogP contribution in [-0.2, 0) is 12.0 Å². The van der Waals surface area contributed by atoms with Crippen molar-refractivity contribution in [2.75, 3.05) is 6.54 Å². The largest absolute Gasteiger partial charge is 0.341 e. The number of nitrogens with two attached hydrogens (primary N) is 1. The van der Waals surface area contributed by atoms with Crippen LogP contribution < -0.4 is 11.1 Å². The topological polar surface area (TPSA) is 68.0 Å². The molecule has 106 valence electrons. The van der Waals surface area contributed by atoms with Crippen LogP contribution in [-0.4, -0.2) is 17.4 Å². The highest BCUT2D eigenvalue weighted by Crippen LogP contribution is 2.22. The van der Waals surface area contributed by atoms with Crippen molar-refractivity contribution in [3.8, 4) is 0 Å². The molecule has 0 bridgehead atoms. The van der Waals surface area contributed by atoms with E-state index in [9.17, 15) is 4.79 Å². The van der Waals surface area contributed by atoms with Crippen LogP contribution in [0.25, 0.3) is 0 Å². The lowest BCUT2D eigenvalue weighted by atomic mass is 10.0. The maximum absolute atomic E-state index is 12.3. The van der Waals surface area contributed by atoms with Crippen LogP contribution in [0.1, 0.15) is 34.8 Å². The van der Waals surface area contributed by atoms with Crippen molar-refractivity contribution in [3.63, 3.8) is 0 Å². The second kappa shape index (κ2) is 6.15. The first kappa shape index (κ1) is 14.7. The molecule has 0 spiro atoms. The quantitative estimate of drug-likeness (QED) is 0.887. The lowest BCUT2D eigenvalue weighted by Crippen LogP contribution is -2.40. The van der Waals surface area contributed by atoms with Crippen LogP contribution in [0, 0.1) is 0 Å². The van der Waals surface area contributed by atoms with E-state index in [1.54, 1.807) is 6.20 Å². The minimum atomic E-state index is -0.471. The third kappa shape index (κ3) is 3.43. The van der Waals surface area contributed by atoms with E-state index in [4.69, 9.17) is 5.73 Å². The fourth-order valence-corrected chi connectivity index (χ4v) is 2.65. The van der Waals surface area contributed by atoms with E-state index in [0.717, 1.165) is 17.0 Å². The summed E-state index contributed by atoms with van der Waals surface area (Å²) in [6.07, 6.45) is 2.57. The number of rotatable bonds is 5. The summed E-state index contributed by atoms with van der Waals surface area (Å²) in [4.78, 5) is 16.5. The fourth-order valence-electron chi connectivity index (χ4n) is 1.93. The average molecular weight is 289 g/mol. The van der Waals surface area contributed by atoms with Gasteiger partial charge in [-0.3, -0.25) is 4.79 Å². The molecule has 2 rings (SSSR count). The van der Waals surface area contributed by atoms with Crippen molar-refractivity contribution in [2.45, 2.75) is 25.8 Å². The van der Waals surface area contributed by atoms with Gasteiger partial charge in [-0.05, 0) is 44.5 Å². The number of nitrogens with zero attached hydrogens (tertiary/aromatic N) is 1. The Balaban J connectivity index is 2.08. The summed E-state index contributed by atoms with van der Waals surface area (Å²) in [5.41, 5.74) is 6.83. The molecule has 0 saturated carbocycles. The lowest BCUT2D eigenvalue weighted by Gasteiger charge is -2.23. The van der Waals surface area contributed by atoms with Gasteiger partial charge in [0.2, 0.25) is 0 Å². The molecule has 20 heavy (non-hydrogen) atoms. The number of thiazole rings is 1. The zero-order valence-electron chi connectivity index (χ0n) is 11.7. The maximum atomic E-state index is 12.3. The van der Waals surface area contributed by atoms with E-state index in [2.05, 4.69) is 10.3 Å². The molecule has 0 aliphatic heterocycles. The zero-order valence-corrected chi connectivity index (χ0v) is 12.5. The molecule has 0 unspecified atom stereocenters. The Kier molecular flexibility index (Phi) is 4.52. The number of carbonyl (C=O) groups excluding carboxylic acids is 1. The first-order chi connectivity index (χ1) is 9.53. The van der Waals surface area contributed by atoms with Crippen molar-refractivity contribution in [3.05, 3.63) is 52.0 Å². The molecule has 1 heterocycles. The number of hydrogen-bond acceptors (Lipinski definition) is 4. The second-order valence-electron chi connectivity index (χ2n) is 5.15. The van der Waals surface area contributed by atoms with Crippen molar-refractivity contribution >= 4 is 17.2 Å². The van der Waals surface area contributed by atoms with Gasteiger partial charge >= 0.3 is 0 Å². The standard InChI is InChI=1S/C15H19N3OS/c1-15(2,14-17-9-10-20-14)18-13(19)12-5-3-11(4-6-12)7-8-16/h3-6,9-10H,7-8,16H2,1-2H3,(H,18,19). The van der Waals surface area contributed by atoms with Crippen molar-refractivity contribution in [1.82, 2.24) is 10.3 Å². The van der Waals surface area contributed by atoms with Gasteiger partial charge in [0.1, 0.15) is 5.01 Å². The Morgan fingerprint density at radius 3 is 2.60 bits per heavy atom. The predicted octanol–water partition coefficient (Wildman–Crippen LogP) is 2.31. The molecule has 1 amide bonds. The first-order valence-electron chi connectivity index (χ1n) is 6.54. The molecule has 3 N–H and O–H groups in total. The Labute approximate surface area is 123 Å². The minimum absolute atomic E-state index is 0.0931. The summed E-state index contributed by atoms with van der Waals surface area (Å²) >= 11 is 1.54. The molecule has 2 aromatic rings. The summed E-state index contributed by atoms with van der Waals surface area (Å²) in [6, 6.07) is 7.55. The monoisotopic (exact) mass is 289 g/mol. The first-order valence-corrected chi connectivity index (χ1v) is 7.42. The van der Waals surface area contributed by atoms with Gasteiger partial charge in [-0.15, -0.1) is 11.3 Å². The summed E-state index contributed by atoms with van der Waals surface area (Å²) in [5, 5.41) is 5.81. The zero-order chi connectivity index (χ0) is 14.6. The minimum Gasteiger partial charge on any atom is -0.341 e. The molecule has 1 aromatic carbocycles. The average Bonchev–Trinajstić information content (AvgIpc) is 2.94. The predicted molar refractivity (Wildman–Crippen MR) is 81.8 cm³/mol. The van der Waals surface area contributed by atoms with E-state index in [1.807, 2.05) is 43.5 Å². The SMILES string of the molecule is CC(C)(NC(=O)c1ccc(CCN)cc1)c1nccs1. The van der Waals surface area contributed by atoms with Gasteiger partial charge < -0.3 is 11.1 Å². The van der Waals surface area contributed by atoms with Gasteiger partial charge in [-0.25, -0.2) is 4.98 Å². The number of carbonyl (C=O) groups is 1. The number of nitrogens with one attached hydrogen (secondary N) is 1. The van der Waals surface area contributed by atoms with E-state index in [-0.39, 0.29) is 5.91 Å². The van der Waals surface area contributed by atoms with Gasteiger partial charge in [0.25, 0.3) is 5.91 Å². The summed E-state index contributed by atoms with van der Waals surface area (Å²) < 4.78 is 0. The molecule has 0 saturated heterocycles. The Morgan fingerprint density at radius 2 is 2.05 bits per heavy atom. The highest BCUT2D eigenvalue weighted by Gasteiger charge is 2.25. The molecule has 4 nitrogen and oxygen atoms in total. The molecule has 0 aliphatic rings. The Bertz CT molecular complexity index is 561. The molecular formula is C15H19N3OS. The number of benzene rings is 1. The van der Waals surface area contributed by atoms with E-state index in [1.165, 1.54) is 11.3 Å². The van der Waals surface area contributed by atoms with E-state index >= 15 is 0 Å². The van der Waals surface area contributed by atoms with Crippen LogP contribution in [0.4, 0.5) is 0 Å². The normalized spacial score (nSPS) is 11.3. The Morgan fingerprint density at radius 1 is 1.35 bits per heavy atom. The van der Waals surface area contributed by atoms with E-state index in [0.29, 0.717) is 12.1 Å². The maximum Gasteiger partial charge on any atom is 0.252 e. The van der Waals surface area contributed by atoms with Gasteiger partial charge in [-0.1, -0.05) is 12.1 Å². The van der Waals surface area contributed by atoms with E-state index < -0.39 is 5.54 Å². The number of hydrogen-bond donors (Lipinski definition) is 2. The fraction of sp³-hybridized carbons (Fsp3) is 0.333. The van der Waals surface area contributed by atoms with Crippen LogP contribution in [0.3, 0.4) is 0 Å². The van der Waals surface area contributed by atoms with Crippen molar-refractivity contribution in [2.24, 2.45) is 5.73 Å². The van der Waals surface area contributed by atoms with Crippen molar-refractivity contribution < 1.29 is 4.79 Å². The summed E-state index contributed by atoms with van der Waals surface area (Å²) in [5.74, 6) is -0.0931. The molecule has 0 atom stereocenters. The third-order valence-corrected chi connectivity index (χ3v) is 4.14. The van der Waals surface area contributed by atoms with Crippen LogP contribution in [0.15, 0.2) is 35.8 Å². The van der Waals surface area contributed by atoms with Crippen LogP contribution in [0.2, 0.25) is 0 Å². The van der Waals surface area contributed by atoms with Crippen LogP contribution >= 0.6 is 11.3 Å². The Hall–Kier alpha value is -1.72. The molecular weight excluding hydrogens is 270 g/mol. The van der Waals surface area contributed by atoms with Gasteiger partial charge in [0.05, 0.1) is 5.54 Å². The lowest BCUT2D eigenvalue weighted by molar-refractivity contribution is 0.0912. The smallest absolute Gasteiger partial charge is 0.252 e. The number of amides is 1. The summed E-state index contributed by atoms with van der Waals surface area (Å²) in [6.45, 7) is 4.52. The third-order valence-electron chi connectivity index (χ3n) is 3.04. The highest BCUT2D eigenvalue weighted by molar-refractivity contribution is 7.09. The second-order valence-corrected chi connectivity index (χ2v) is 6.05.